The molecule has 0 fully saturated rings. The Kier molecular flexibility index (Phi) is 7.37. The van der Waals surface area contributed by atoms with Crippen LogP contribution < -0.4 is 19.1 Å². The maximum Gasteiger partial charge on any atom is 0.264 e. The van der Waals surface area contributed by atoms with Gasteiger partial charge in [-0.1, -0.05) is 34.1 Å². The van der Waals surface area contributed by atoms with Crippen molar-refractivity contribution in [3.8, 4) is 11.5 Å². The smallest absolute Gasteiger partial charge is 0.264 e. The topological polar surface area (TPSA) is 84.9 Å². The summed E-state index contributed by atoms with van der Waals surface area (Å²) in [6.07, 6.45) is 0. The number of nitrogens with one attached hydrogen (secondary N) is 1. The van der Waals surface area contributed by atoms with E-state index in [9.17, 15) is 17.6 Å². The molecule has 7 nitrogen and oxygen atoms in total. The van der Waals surface area contributed by atoms with Gasteiger partial charge < -0.3 is 14.8 Å². The van der Waals surface area contributed by atoms with Crippen molar-refractivity contribution in [1.82, 2.24) is 0 Å². The molecule has 0 aromatic heterocycles. The van der Waals surface area contributed by atoms with Crippen LogP contribution in [-0.4, -0.2) is 35.1 Å². The highest BCUT2D eigenvalue weighted by Gasteiger charge is 2.28. The first-order chi connectivity index (χ1) is 15.3. The Morgan fingerprint density at radius 3 is 2.31 bits per heavy atom. The first kappa shape index (κ1) is 23.6. The number of benzene rings is 3. The number of anilines is 2. The fraction of sp³-hybridized carbons (Fsp3) is 0.136. The number of nitrogens with zero attached hydrogens (tertiary/aromatic N) is 1. The van der Waals surface area contributed by atoms with E-state index in [1.54, 1.807) is 24.3 Å². The average Bonchev–Trinajstić information content (AvgIpc) is 2.79. The number of sulfonamides is 1. The van der Waals surface area contributed by atoms with Gasteiger partial charge in [0.05, 0.1) is 30.5 Å². The van der Waals surface area contributed by atoms with Crippen molar-refractivity contribution < 1.29 is 27.1 Å². The van der Waals surface area contributed by atoms with Crippen LogP contribution in [0.4, 0.5) is 15.8 Å². The van der Waals surface area contributed by atoms with E-state index in [2.05, 4.69) is 21.2 Å². The monoisotopic (exact) mass is 522 g/mol. The van der Waals surface area contributed by atoms with Gasteiger partial charge >= 0.3 is 0 Å². The lowest BCUT2D eigenvalue weighted by Crippen LogP contribution is -2.38. The number of carbonyl (C=O) groups is 1. The van der Waals surface area contributed by atoms with Crippen molar-refractivity contribution in [2.45, 2.75) is 4.90 Å². The normalized spacial score (nSPS) is 11.0. The second-order valence-corrected chi connectivity index (χ2v) is 9.31. The van der Waals surface area contributed by atoms with E-state index >= 15 is 0 Å². The molecule has 32 heavy (non-hydrogen) atoms. The molecule has 0 unspecified atom stereocenters. The van der Waals surface area contributed by atoms with E-state index in [0.717, 1.165) is 4.31 Å². The Morgan fingerprint density at radius 2 is 1.69 bits per heavy atom. The van der Waals surface area contributed by atoms with Crippen molar-refractivity contribution >= 4 is 43.2 Å². The third-order valence-electron chi connectivity index (χ3n) is 4.48. The molecule has 0 heterocycles. The van der Waals surface area contributed by atoms with Gasteiger partial charge in [0, 0.05) is 10.5 Å². The Balaban J connectivity index is 2.00. The van der Waals surface area contributed by atoms with E-state index in [4.69, 9.17) is 9.47 Å². The highest BCUT2D eigenvalue weighted by molar-refractivity contribution is 9.10. The first-order valence-electron chi connectivity index (χ1n) is 9.31. The highest BCUT2D eigenvalue weighted by atomic mass is 79.9. The zero-order valence-corrected chi connectivity index (χ0v) is 19.6. The van der Waals surface area contributed by atoms with Crippen LogP contribution in [0.5, 0.6) is 11.5 Å². The van der Waals surface area contributed by atoms with Crippen LogP contribution in [0.2, 0.25) is 0 Å². The average molecular weight is 523 g/mol. The van der Waals surface area contributed by atoms with Gasteiger partial charge in [-0.2, -0.15) is 0 Å². The number of hydrogen-bond donors (Lipinski definition) is 1. The SMILES string of the molecule is COc1ccc(N(CC(=O)Nc2ccc(Br)cc2F)S(=O)(=O)c2ccccc2)cc1OC. The number of carbonyl (C=O) groups excluding carboxylic acids is 1. The van der Waals surface area contributed by atoms with Crippen molar-refractivity contribution in [2.75, 3.05) is 30.4 Å². The van der Waals surface area contributed by atoms with Crippen LogP contribution in [0, 0.1) is 5.82 Å². The van der Waals surface area contributed by atoms with Gasteiger partial charge in [0.25, 0.3) is 10.0 Å². The van der Waals surface area contributed by atoms with Gasteiger partial charge in [-0.15, -0.1) is 0 Å². The van der Waals surface area contributed by atoms with Gasteiger partial charge in [0.15, 0.2) is 11.5 Å². The minimum atomic E-state index is -4.13. The van der Waals surface area contributed by atoms with Crippen molar-refractivity contribution in [2.24, 2.45) is 0 Å². The van der Waals surface area contributed by atoms with E-state index in [1.165, 1.54) is 56.7 Å². The second-order valence-electron chi connectivity index (χ2n) is 6.54. The molecule has 3 rings (SSSR count). The summed E-state index contributed by atoms with van der Waals surface area (Å²) in [6.45, 7) is -0.595. The number of halogens is 2. The summed E-state index contributed by atoms with van der Waals surface area (Å²) in [6, 6.07) is 16.3. The summed E-state index contributed by atoms with van der Waals surface area (Å²) in [5.41, 5.74) is 0.112. The van der Waals surface area contributed by atoms with Gasteiger partial charge in [-0.3, -0.25) is 9.10 Å². The van der Waals surface area contributed by atoms with Gasteiger partial charge in [-0.05, 0) is 42.5 Å². The van der Waals surface area contributed by atoms with Crippen LogP contribution in [0.15, 0.2) is 76.1 Å². The maximum atomic E-state index is 14.1. The Morgan fingerprint density at radius 1 is 1.00 bits per heavy atom. The minimum Gasteiger partial charge on any atom is -0.493 e. The molecule has 3 aromatic rings. The lowest BCUT2D eigenvalue weighted by Gasteiger charge is -2.25. The van der Waals surface area contributed by atoms with Crippen LogP contribution in [0.1, 0.15) is 0 Å². The predicted octanol–water partition coefficient (Wildman–Crippen LogP) is 4.44. The van der Waals surface area contributed by atoms with Crippen molar-refractivity contribution in [3.05, 3.63) is 77.0 Å². The molecular weight excluding hydrogens is 503 g/mol. The number of hydrogen-bond acceptors (Lipinski definition) is 5. The summed E-state index contributed by atoms with van der Waals surface area (Å²) < 4.78 is 52.8. The van der Waals surface area contributed by atoms with Crippen LogP contribution in [0.3, 0.4) is 0 Å². The third-order valence-corrected chi connectivity index (χ3v) is 6.76. The van der Waals surface area contributed by atoms with Crippen LogP contribution in [0.25, 0.3) is 0 Å². The van der Waals surface area contributed by atoms with Crippen molar-refractivity contribution in [1.29, 1.82) is 0 Å². The molecule has 0 aliphatic carbocycles. The summed E-state index contributed by atoms with van der Waals surface area (Å²) in [7, 11) is -1.26. The molecule has 0 aliphatic rings. The molecule has 0 bridgehead atoms. The summed E-state index contributed by atoms with van der Waals surface area (Å²) in [5, 5.41) is 2.42. The number of methoxy groups -OCH3 is 2. The van der Waals surface area contributed by atoms with E-state index in [-0.39, 0.29) is 22.0 Å². The predicted molar refractivity (Wildman–Crippen MR) is 123 cm³/mol. The molecule has 0 atom stereocenters. The maximum absolute atomic E-state index is 14.1. The third kappa shape index (κ3) is 5.20. The minimum absolute atomic E-state index is 0.00240. The van der Waals surface area contributed by atoms with E-state index in [1.807, 2.05) is 0 Å². The summed E-state index contributed by atoms with van der Waals surface area (Å²) in [4.78, 5) is 12.7. The largest absolute Gasteiger partial charge is 0.493 e. The van der Waals surface area contributed by atoms with Crippen LogP contribution in [-0.2, 0) is 14.8 Å². The molecule has 3 aromatic carbocycles. The molecule has 0 spiro atoms. The summed E-state index contributed by atoms with van der Waals surface area (Å²) >= 11 is 3.15. The standard InChI is InChI=1S/C22H20BrFN2O5S/c1-30-20-11-9-16(13-21(20)31-2)26(32(28,29)17-6-4-3-5-7-17)14-22(27)25-19-10-8-15(23)12-18(19)24/h3-13H,14H2,1-2H3,(H,25,27). The molecule has 10 heteroatoms. The van der Waals surface area contributed by atoms with Crippen molar-refractivity contribution in [3.63, 3.8) is 0 Å². The molecule has 1 N–H and O–H groups in total. The molecule has 0 radical (unpaired) electrons. The fourth-order valence-electron chi connectivity index (χ4n) is 2.93. The van der Waals surface area contributed by atoms with E-state index in [0.29, 0.717) is 10.2 Å². The molecule has 0 aliphatic heterocycles. The fourth-order valence-corrected chi connectivity index (χ4v) is 4.69. The van der Waals surface area contributed by atoms with Crippen LogP contribution >= 0.6 is 15.9 Å². The lowest BCUT2D eigenvalue weighted by molar-refractivity contribution is -0.114. The first-order valence-corrected chi connectivity index (χ1v) is 11.5. The Bertz CT molecular complexity index is 1220. The Labute approximate surface area is 193 Å². The molecule has 1 amide bonds. The zero-order chi connectivity index (χ0) is 23.3. The lowest BCUT2D eigenvalue weighted by atomic mass is 10.2. The number of rotatable bonds is 8. The van der Waals surface area contributed by atoms with Gasteiger partial charge in [-0.25, -0.2) is 12.8 Å². The molecule has 0 saturated carbocycles. The number of ether oxygens (including phenoxy) is 2. The highest BCUT2D eigenvalue weighted by Crippen LogP contribution is 2.33. The van der Waals surface area contributed by atoms with E-state index < -0.39 is 28.3 Å². The molecule has 168 valence electrons. The second kappa shape index (κ2) is 10.0. The molecule has 0 saturated heterocycles. The van der Waals surface area contributed by atoms with Gasteiger partial charge in [0.2, 0.25) is 5.91 Å². The quantitative estimate of drug-likeness (QED) is 0.472. The number of amides is 1. The Hall–Kier alpha value is -3.11. The summed E-state index contributed by atoms with van der Waals surface area (Å²) in [5.74, 6) is -0.691. The zero-order valence-electron chi connectivity index (χ0n) is 17.2. The van der Waals surface area contributed by atoms with Gasteiger partial charge in [0.1, 0.15) is 12.4 Å². The molecular formula is C22H20BrFN2O5S.